The molecule has 1 aromatic carbocycles. The number of esters is 1. The number of fused-ring (bicyclic) bond motifs is 1. The minimum absolute atomic E-state index is 0.0543. The molecule has 3 aromatic rings. The molecule has 42 heavy (non-hydrogen) atoms. The van der Waals surface area contributed by atoms with Crippen LogP contribution < -0.4 is 10.2 Å². The molecule has 0 atom stereocenters. The van der Waals surface area contributed by atoms with Gasteiger partial charge in [-0.05, 0) is 69.9 Å². The number of hydrogen-bond acceptors (Lipinski definition) is 8. The molecule has 1 amide bonds. The molecule has 10 nitrogen and oxygen atoms in total. The van der Waals surface area contributed by atoms with Crippen molar-refractivity contribution < 1.29 is 19.1 Å². The predicted octanol–water partition coefficient (Wildman–Crippen LogP) is 6.84. The van der Waals surface area contributed by atoms with Gasteiger partial charge in [-0.3, -0.25) is 4.79 Å². The van der Waals surface area contributed by atoms with Gasteiger partial charge in [0.25, 0.3) is 0 Å². The summed E-state index contributed by atoms with van der Waals surface area (Å²) in [4.78, 5) is 41.5. The number of nitrogens with zero attached hydrogens (tertiary/aromatic N) is 5. The van der Waals surface area contributed by atoms with E-state index < -0.39 is 17.7 Å². The first-order chi connectivity index (χ1) is 20.0. The van der Waals surface area contributed by atoms with Crippen LogP contribution >= 0.6 is 0 Å². The molecule has 0 spiro atoms. The largest absolute Gasteiger partial charge is 0.465 e. The lowest BCUT2D eigenvalue weighted by Crippen LogP contribution is -2.37. The van der Waals surface area contributed by atoms with E-state index in [2.05, 4.69) is 48.4 Å². The van der Waals surface area contributed by atoms with Crippen LogP contribution in [-0.4, -0.2) is 50.3 Å². The van der Waals surface area contributed by atoms with Crippen LogP contribution in [-0.2, 0) is 27.4 Å². The lowest BCUT2D eigenvalue weighted by Gasteiger charge is -2.27. The Morgan fingerprint density at radius 3 is 2.45 bits per heavy atom. The first-order valence-electron chi connectivity index (χ1n) is 15.3. The minimum Gasteiger partial charge on any atom is -0.465 e. The highest BCUT2D eigenvalue weighted by Gasteiger charge is 2.28. The molecule has 228 valence electrons. The number of rotatable bonds is 11. The molecule has 0 aliphatic heterocycles. The van der Waals surface area contributed by atoms with E-state index in [4.69, 9.17) is 19.4 Å². The van der Waals surface area contributed by atoms with Crippen LogP contribution in [0.15, 0.2) is 30.6 Å². The lowest BCUT2D eigenvalue weighted by molar-refractivity contribution is -0.143. The van der Waals surface area contributed by atoms with Crippen molar-refractivity contribution >= 4 is 35.0 Å². The molecule has 0 radical (unpaired) electrons. The van der Waals surface area contributed by atoms with Crippen molar-refractivity contribution in [2.75, 3.05) is 23.4 Å². The summed E-state index contributed by atoms with van der Waals surface area (Å²) in [6.07, 6.45) is 8.24. The van der Waals surface area contributed by atoms with Gasteiger partial charge in [-0.2, -0.15) is 9.97 Å². The number of carbonyl (C=O) groups excluding carboxylic acids is 2. The van der Waals surface area contributed by atoms with Gasteiger partial charge in [0.05, 0.1) is 19.5 Å². The highest BCUT2D eigenvalue weighted by molar-refractivity contribution is 5.90. The van der Waals surface area contributed by atoms with E-state index in [1.165, 1.54) is 42.6 Å². The van der Waals surface area contributed by atoms with E-state index in [0.717, 1.165) is 12.0 Å². The maximum Gasteiger partial charge on any atom is 0.417 e. The van der Waals surface area contributed by atoms with Crippen LogP contribution in [0.1, 0.15) is 97.1 Å². The molecule has 1 aliphatic rings. The third-order valence-electron chi connectivity index (χ3n) is 7.32. The van der Waals surface area contributed by atoms with Gasteiger partial charge >= 0.3 is 12.1 Å². The van der Waals surface area contributed by atoms with Crippen LogP contribution in [0.4, 0.5) is 16.6 Å². The molecule has 1 fully saturated rings. The van der Waals surface area contributed by atoms with Gasteiger partial charge in [0.15, 0.2) is 17.0 Å². The summed E-state index contributed by atoms with van der Waals surface area (Å²) in [5.41, 5.74) is 2.53. The first-order valence-corrected chi connectivity index (χ1v) is 15.3. The van der Waals surface area contributed by atoms with Crippen molar-refractivity contribution in [1.29, 1.82) is 0 Å². The summed E-state index contributed by atoms with van der Waals surface area (Å²) in [7, 11) is 0. The van der Waals surface area contributed by atoms with Crippen LogP contribution in [0.25, 0.3) is 11.2 Å². The Bertz CT molecular complexity index is 1340. The van der Waals surface area contributed by atoms with E-state index in [1.54, 1.807) is 17.8 Å². The molecule has 4 rings (SSSR count). The van der Waals surface area contributed by atoms with Crippen molar-refractivity contribution in [3.8, 4) is 0 Å². The van der Waals surface area contributed by atoms with Crippen LogP contribution in [0.5, 0.6) is 0 Å². The number of nitrogens with one attached hydrogen (secondary N) is 1. The summed E-state index contributed by atoms with van der Waals surface area (Å²) >= 11 is 0. The quantitative estimate of drug-likeness (QED) is 0.246. The van der Waals surface area contributed by atoms with E-state index in [1.807, 2.05) is 20.8 Å². The van der Waals surface area contributed by atoms with Crippen LogP contribution in [0.3, 0.4) is 0 Å². The third-order valence-corrected chi connectivity index (χ3v) is 7.32. The fourth-order valence-electron chi connectivity index (χ4n) is 5.17. The average molecular weight is 579 g/mol. The molecular weight excluding hydrogens is 532 g/mol. The zero-order valence-corrected chi connectivity index (χ0v) is 26.0. The SMILES string of the molecule is CCOC(=O)Cn1cnc2c(NCCC(C)C)nc(N(Cc3ccc(C4CCCCC4)cc3)C(=O)OC(C)(C)C)nc21. The van der Waals surface area contributed by atoms with E-state index in [0.29, 0.717) is 35.4 Å². The monoisotopic (exact) mass is 578 g/mol. The zero-order valence-electron chi connectivity index (χ0n) is 26.0. The fraction of sp³-hybridized carbons (Fsp3) is 0.594. The van der Waals surface area contributed by atoms with Crippen molar-refractivity contribution in [2.45, 2.75) is 105 Å². The second-order valence-electron chi connectivity index (χ2n) is 12.5. The predicted molar refractivity (Wildman–Crippen MR) is 165 cm³/mol. The van der Waals surface area contributed by atoms with Crippen molar-refractivity contribution in [2.24, 2.45) is 5.92 Å². The first kappa shape index (κ1) is 31.3. The molecule has 2 heterocycles. The number of benzene rings is 1. The van der Waals surface area contributed by atoms with Gasteiger partial charge in [0.1, 0.15) is 12.1 Å². The van der Waals surface area contributed by atoms with Gasteiger partial charge in [0.2, 0.25) is 5.95 Å². The van der Waals surface area contributed by atoms with E-state index in [-0.39, 0.29) is 25.6 Å². The number of imidazole rings is 1. The summed E-state index contributed by atoms with van der Waals surface area (Å²) < 4.78 is 12.6. The summed E-state index contributed by atoms with van der Waals surface area (Å²) in [5, 5.41) is 3.38. The molecule has 0 unspecified atom stereocenters. The number of anilines is 2. The van der Waals surface area contributed by atoms with Crippen molar-refractivity contribution in [3.63, 3.8) is 0 Å². The molecule has 1 aliphatic carbocycles. The number of aromatic nitrogens is 4. The molecule has 2 aromatic heterocycles. The molecule has 0 bridgehead atoms. The van der Waals surface area contributed by atoms with Crippen molar-refractivity contribution in [3.05, 3.63) is 41.7 Å². The summed E-state index contributed by atoms with van der Waals surface area (Å²) in [6.45, 7) is 12.7. The number of amides is 1. The zero-order chi connectivity index (χ0) is 30.3. The van der Waals surface area contributed by atoms with E-state index in [9.17, 15) is 9.59 Å². The van der Waals surface area contributed by atoms with Gasteiger partial charge < -0.3 is 19.4 Å². The molecular formula is C32H46N6O4. The normalized spacial score (nSPS) is 14.3. The maximum absolute atomic E-state index is 13.6. The Kier molecular flexibility index (Phi) is 10.4. The Labute approximate surface area is 249 Å². The van der Waals surface area contributed by atoms with Crippen LogP contribution in [0.2, 0.25) is 0 Å². The number of hydrogen-bond donors (Lipinski definition) is 1. The highest BCUT2D eigenvalue weighted by Crippen LogP contribution is 2.33. The second kappa shape index (κ2) is 14.0. The van der Waals surface area contributed by atoms with E-state index >= 15 is 0 Å². The van der Waals surface area contributed by atoms with Gasteiger partial charge in [-0.25, -0.2) is 14.7 Å². The lowest BCUT2D eigenvalue weighted by atomic mass is 9.84. The number of ether oxygens (including phenoxy) is 2. The highest BCUT2D eigenvalue weighted by atomic mass is 16.6. The standard InChI is InChI=1S/C32H46N6O4/c1-7-41-26(39)20-37-21-34-27-28(33-18-17-22(2)3)35-30(36-29(27)37)38(31(40)42-32(4,5)6)19-23-13-15-25(16-14-23)24-11-9-8-10-12-24/h13-16,21-22,24H,7-12,17-20H2,1-6H3,(H,33,35,36). The minimum atomic E-state index is -0.714. The van der Waals surface area contributed by atoms with Crippen molar-refractivity contribution in [1.82, 2.24) is 19.5 Å². The Hall–Kier alpha value is -3.69. The molecule has 0 saturated heterocycles. The summed E-state index contributed by atoms with van der Waals surface area (Å²) in [6, 6.07) is 8.51. The van der Waals surface area contributed by atoms with Gasteiger partial charge in [-0.15, -0.1) is 0 Å². The molecule has 1 N–H and O–H groups in total. The third kappa shape index (κ3) is 8.42. The molecule has 1 saturated carbocycles. The number of carbonyl (C=O) groups is 2. The Morgan fingerprint density at radius 1 is 1.10 bits per heavy atom. The maximum atomic E-state index is 13.6. The Morgan fingerprint density at radius 2 is 1.81 bits per heavy atom. The van der Waals surface area contributed by atoms with Crippen LogP contribution in [0, 0.1) is 5.92 Å². The van der Waals surface area contributed by atoms with Gasteiger partial charge in [-0.1, -0.05) is 57.4 Å². The fourth-order valence-corrected chi connectivity index (χ4v) is 5.17. The molecule has 10 heteroatoms. The topological polar surface area (TPSA) is 111 Å². The Balaban J connectivity index is 1.72. The average Bonchev–Trinajstić information content (AvgIpc) is 3.34. The summed E-state index contributed by atoms with van der Waals surface area (Å²) in [5.74, 6) is 1.36. The smallest absolute Gasteiger partial charge is 0.417 e. The van der Waals surface area contributed by atoms with Gasteiger partial charge in [0, 0.05) is 6.54 Å². The second-order valence-corrected chi connectivity index (χ2v) is 12.5.